The number of pyridine rings is 1. The maximum absolute atomic E-state index is 11.4. The van der Waals surface area contributed by atoms with Gasteiger partial charge < -0.3 is 10.0 Å². The van der Waals surface area contributed by atoms with E-state index in [0.29, 0.717) is 23.2 Å². The van der Waals surface area contributed by atoms with Gasteiger partial charge in [-0.1, -0.05) is 12.1 Å². The minimum Gasteiger partial charge on any atom is -0.478 e. The van der Waals surface area contributed by atoms with E-state index in [4.69, 9.17) is 0 Å². The van der Waals surface area contributed by atoms with E-state index in [0.717, 1.165) is 5.69 Å². The molecule has 0 unspecified atom stereocenters. The molecule has 104 valence electrons. The summed E-state index contributed by atoms with van der Waals surface area (Å²) in [6, 6.07) is 11.1. The third-order valence-electron chi connectivity index (χ3n) is 3.01. The summed E-state index contributed by atoms with van der Waals surface area (Å²) in [5.41, 5.74) is 1.89. The van der Waals surface area contributed by atoms with Crippen LogP contribution in [-0.4, -0.2) is 22.6 Å². The highest BCUT2D eigenvalue weighted by Gasteiger charge is 2.18. The third-order valence-corrected chi connectivity index (χ3v) is 3.67. The van der Waals surface area contributed by atoms with Crippen molar-refractivity contribution in [1.82, 2.24) is 4.98 Å². The van der Waals surface area contributed by atoms with E-state index in [-0.39, 0.29) is 5.56 Å². The number of hydrogen-bond donors (Lipinski definition) is 1. The van der Waals surface area contributed by atoms with Gasteiger partial charge in [-0.2, -0.15) is 0 Å². The summed E-state index contributed by atoms with van der Waals surface area (Å²) >= 11 is 3.31. The van der Waals surface area contributed by atoms with E-state index < -0.39 is 5.97 Å². The maximum atomic E-state index is 11.4. The van der Waals surface area contributed by atoms with Crippen LogP contribution in [-0.2, 0) is 6.54 Å². The lowest BCUT2D eigenvalue weighted by Gasteiger charge is -2.24. The minimum absolute atomic E-state index is 0.283. The average Bonchev–Trinajstić information content (AvgIpc) is 2.45. The third kappa shape index (κ3) is 3.17. The molecular weight excluding hydrogens is 320 g/mol. The topological polar surface area (TPSA) is 53.4 Å². The first-order chi connectivity index (χ1) is 9.63. The van der Waals surface area contributed by atoms with Crippen LogP contribution < -0.4 is 4.90 Å². The number of hydrogen-bond acceptors (Lipinski definition) is 3. The lowest BCUT2D eigenvalue weighted by Crippen LogP contribution is -2.24. The number of benzene rings is 1. The van der Waals surface area contributed by atoms with Gasteiger partial charge in [-0.25, -0.2) is 4.79 Å². The van der Waals surface area contributed by atoms with Crippen LogP contribution in [0, 0.1) is 0 Å². The van der Waals surface area contributed by atoms with E-state index >= 15 is 0 Å². The molecule has 0 amide bonds. The predicted octanol–water partition coefficient (Wildman–Crippen LogP) is 3.57. The molecule has 1 N–H and O–H groups in total. The number of aromatic carboxylic acids is 1. The standard InChI is InChI=1S/C15H15BrN2O2/c1-2-18(10-11-6-3-4-9-17-11)13-8-5-7-12(16)14(13)15(19)20/h3-9H,2,10H2,1H3,(H,19,20). The molecule has 20 heavy (non-hydrogen) atoms. The lowest BCUT2D eigenvalue weighted by atomic mass is 10.1. The lowest BCUT2D eigenvalue weighted by molar-refractivity contribution is 0.0696. The van der Waals surface area contributed by atoms with Gasteiger partial charge in [0, 0.05) is 17.2 Å². The smallest absolute Gasteiger partial charge is 0.338 e. The average molecular weight is 335 g/mol. The molecule has 5 heteroatoms. The Morgan fingerprint density at radius 2 is 2.10 bits per heavy atom. The summed E-state index contributed by atoms with van der Waals surface area (Å²) in [7, 11) is 0. The summed E-state index contributed by atoms with van der Waals surface area (Å²) in [4.78, 5) is 17.7. The zero-order chi connectivity index (χ0) is 14.5. The van der Waals surface area contributed by atoms with Gasteiger partial charge in [-0.15, -0.1) is 0 Å². The van der Waals surface area contributed by atoms with E-state index in [1.807, 2.05) is 42.2 Å². The zero-order valence-electron chi connectivity index (χ0n) is 11.1. The molecule has 0 bridgehead atoms. The number of anilines is 1. The van der Waals surface area contributed by atoms with E-state index in [2.05, 4.69) is 20.9 Å². The molecule has 0 fully saturated rings. The summed E-state index contributed by atoms with van der Waals surface area (Å²) in [6.45, 7) is 3.27. The van der Waals surface area contributed by atoms with Crippen LogP contribution >= 0.6 is 15.9 Å². The molecule has 0 radical (unpaired) electrons. The van der Waals surface area contributed by atoms with Crippen molar-refractivity contribution in [3.05, 3.63) is 58.3 Å². The summed E-state index contributed by atoms with van der Waals surface area (Å²) in [5, 5.41) is 9.38. The molecule has 1 aromatic heterocycles. The van der Waals surface area contributed by atoms with Crippen molar-refractivity contribution in [2.45, 2.75) is 13.5 Å². The highest BCUT2D eigenvalue weighted by atomic mass is 79.9. The van der Waals surface area contributed by atoms with E-state index in [1.54, 1.807) is 12.3 Å². The largest absolute Gasteiger partial charge is 0.478 e. The van der Waals surface area contributed by atoms with Crippen molar-refractivity contribution in [2.75, 3.05) is 11.4 Å². The minimum atomic E-state index is -0.938. The van der Waals surface area contributed by atoms with Gasteiger partial charge in [0.05, 0.1) is 23.5 Å². The van der Waals surface area contributed by atoms with Gasteiger partial charge in [0.2, 0.25) is 0 Å². The molecule has 0 atom stereocenters. The van der Waals surface area contributed by atoms with Gasteiger partial charge in [-0.3, -0.25) is 4.98 Å². The quantitative estimate of drug-likeness (QED) is 0.908. The van der Waals surface area contributed by atoms with Crippen molar-refractivity contribution in [3.8, 4) is 0 Å². The Balaban J connectivity index is 2.37. The van der Waals surface area contributed by atoms with Crippen molar-refractivity contribution < 1.29 is 9.90 Å². The molecule has 0 saturated carbocycles. The van der Waals surface area contributed by atoms with Crippen molar-refractivity contribution in [1.29, 1.82) is 0 Å². The number of carbonyl (C=O) groups is 1. The normalized spacial score (nSPS) is 10.3. The van der Waals surface area contributed by atoms with E-state index in [1.165, 1.54) is 0 Å². The highest BCUT2D eigenvalue weighted by molar-refractivity contribution is 9.10. The number of carboxylic acids is 1. The summed E-state index contributed by atoms with van der Waals surface area (Å²) < 4.78 is 0.585. The Bertz CT molecular complexity index is 602. The monoisotopic (exact) mass is 334 g/mol. The Morgan fingerprint density at radius 3 is 2.70 bits per heavy atom. The molecule has 0 spiro atoms. The second-order valence-corrected chi connectivity index (χ2v) is 5.13. The Kier molecular flexibility index (Phi) is 4.74. The Labute approximate surface area is 126 Å². The van der Waals surface area contributed by atoms with Crippen LogP contribution in [0.25, 0.3) is 0 Å². The molecule has 4 nitrogen and oxygen atoms in total. The SMILES string of the molecule is CCN(Cc1ccccn1)c1cccc(Br)c1C(=O)O. The molecule has 0 aliphatic heterocycles. The summed E-state index contributed by atoms with van der Waals surface area (Å²) in [6.07, 6.45) is 1.74. The molecular formula is C15H15BrN2O2. The van der Waals surface area contributed by atoms with Crippen LogP contribution in [0.4, 0.5) is 5.69 Å². The molecule has 0 aliphatic rings. The molecule has 2 rings (SSSR count). The number of aromatic nitrogens is 1. The Morgan fingerprint density at radius 1 is 1.30 bits per heavy atom. The summed E-state index contributed by atoms with van der Waals surface area (Å²) in [5.74, 6) is -0.938. The van der Waals surface area contributed by atoms with Gasteiger partial charge in [0.1, 0.15) is 0 Å². The predicted molar refractivity (Wildman–Crippen MR) is 82.1 cm³/mol. The van der Waals surface area contributed by atoms with Gasteiger partial charge in [-0.05, 0) is 47.1 Å². The molecule has 0 aliphatic carbocycles. The van der Waals surface area contributed by atoms with Crippen LogP contribution in [0.2, 0.25) is 0 Å². The highest BCUT2D eigenvalue weighted by Crippen LogP contribution is 2.28. The maximum Gasteiger partial charge on any atom is 0.338 e. The number of carboxylic acid groups (broad SMARTS) is 1. The van der Waals surface area contributed by atoms with Gasteiger partial charge in [0.15, 0.2) is 0 Å². The van der Waals surface area contributed by atoms with Crippen LogP contribution in [0.3, 0.4) is 0 Å². The second kappa shape index (κ2) is 6.52. The van der Waals surface area contributed by atoms with Crippen molar-refractivity contribution in [2.24, 2.45) is 0 Å². The molecule has 1 aromatic carbocycles. The first-order valence-corrected chi connectivity index (χ1v) is 7.09. The zero-order valence-corrected chi connectivity index (χ0v) is 12.7. The van der Waals surface area contributed by atoms with E-state index in [9.17, 15) is 9.90 Å². The second-order valence-electron chi connectivity index (χ2n) is 4.27. The fourth-order valence-electron chi connectivity index (χ4n) is 2.04. The number of halogens is 1. The first-order valence-electron chi connectivity index (χ1n) is 6.30. The van der Waals surface area contributed by atoms with Crippen molar-refractivity contribution >= 4 is 27.6 Å². The fourth-order valence-corrected chi connectivity index (χ4v) is 2.57. The molecule has 1 heterocycles. The van der Waals surface area contributed by atoms with Crippen LogP contribution in [0.1, 0.15) is 23.0 Å². The van der Waals surface area contributed by atoms with Gasteiger partial charge in [0.25, 0.3) is 0 Å². The van der Waals surface area contributed by atoms with Crippen molar-refractivity contribution in [3.63, 3.8) is 0 Å². The van der Waals surface area contributed by atoms with Crippen LogP contribution in [0.15, 0.2) is 47.1 Å². The number of rotatable bonds is 5. The fraction of sp³-hybridized carbons (Fsp3) is 0.200. The number of nitrogens with zero attached hydrogens (tertiary/aromatic N) is 2. The van der Waals surface area contributed by atoms with Gasteiger partial charge >= 0.3 is 5.97 Å². The molecule has 0 saturated heterocycles. The molecule has 2 aromatic rings. The first kappa shape index (κ1) is 14.5. The van der Waals surface area contributed by atoms with Crippen LogP contribution in [0.5, 0.6) is 0 Å². The Hall–Kier alpha value is -1.88.